The highest BCUT2D eigenvalue weighted by atomic mass is 16.6. The highest BCUT2D eigenvalue weighted by Gasteiger charge is 2.08. The summed E-state index contributed by atoms with van der Waals surface area (Å²) < 4.78 is 4.44. The topological polar surface area (TPSA) is 96.1 Å². The van der Waals surface area contributed by atoms with Gasteiger partial charge < -0.3 is 9.13 Å². The van der Waals surface area contributed by atoms with Crippen molar-refractivity contribution in [1.82, 2.24) is 9.13 Å². The van der Waals surface area contributed by atoms with Crippen LogP contribution in [0.3, 0.4) is 0 Å². The molecule has 2 aromatic heterocycles. The van der Waals surface area contributed by atoms with Crippen molar-refractivity contribution in [3.05, 3.63) is 105 Å². The van der Waals surface area contributed by atoms with Crippen LogP contribution in [0, 0.1) is 20.2 Å². The number of nitrogens with zero attached hydrogens (tertiary/aromatic N) is 4. The van der Waals surface area contributed by atoms with Crippen molar-refractivity contribution in [2.24, 2.45) is 0 Å². The highest BCUT2D eigenvalue weighted by Crippen LogP contribution is 2.25. The molecule has 40 heavy (non-hydrogen) atoms. The summed E-state index contributed by atoms with van der Waals surface area (Å²) in [5, 5.41) is 23.5. The Morgan fingerprint density at radius 3 is 1.27 bits per heavy atom. The maximum absolute atomic E-state index is 10.7. The molecular weight excluding hydrogens is 504 g/mol. The van der Waals surface area contributed by atoms with Gasteiger partial charge in [0.15, 0.2) is 0 Å². The predicted octanol–water partition coefficient (Wildman–Crippen LogP) is 8.69. The van der Waals surface area contributed by atoms with Crippen molar-refractivity contribution in [3.8, 4) is 0 Å². The fraction of sp³-hybridized carbons (Fsp3) is 0.375. The summed E-state index contributed by atoms with van der Waals surface area (Å²) in [5.74, 6) is 0. The molecule has 0 unspecified atom stereocenters. The quantitative estimate of drug-likeness (QED) is 0.0757. The number of rotatable bonds is 17. The van der Waals surface area contributed by atoms with Crippen LogP contribution in [0.1, 0.15) is 75.3 Å². The van der Waals surface area contributed by atoms with Gasteiger partial charge in [0, 0.05) is 70.6 Å². The molecule has 0 spiro atoms. The van der Waals surface area contributed by atoms with E-state index in [2.05, 4.69) is 21.3 Å². The third kappa shape index (κ3) is 8.15. The molecule has 4 aromatic rings. The van der Waals surface area contributed by atoms with Crippen molar-refractivity contribution in [2.45, 2.75) is 77.3 Å². The first-order valence-corrected chi connectivity index (χ1v) is 14.3. The lowest BCUT2D eigenvalue weighted by Gasteiger charge is -2.06. The molecule has 2 aromatic carbocycles. The zero-order chi connectivity index (χ0) is 28.2. The molecule has 0 N–H and O–H groups in total. The molecule has 4 rings (SSSR count). The lowest BCUT2D eigenvalue weighted by molar-refractivity contribution is -0.401. The van der Waals surface area contributed by atoms with E-state index in [0.29, 0.717) is 0 Å². The molecule has 8 heteroatoms. The van der Waals surface area contributed by atoms with Gasteiger partial charge in [0.25, 0.3) is 0 Å². The molecule has 210 valence electrons. The lowest BCUT2D eigenvalue weighted by Crippen LogP contribution is -1.96. The van der Waals surface area contributed by atoms with E-state index in [1.165, 1.54) is 51.4 Å². The second-order valence-corrected chi connectivity index (χ2v) is 10.3. The highest BCUT2D eigenvalue weighted by molar-refractivity contribution is 5.90. The number of para-hydroxylation sites is 2. The number of fused-ring (bicyclic) bond motifs is 2. The number of nitro groups is 2. The first-order valence-electron chi connectivity index (χ1n) is 14.3. The van der Waals surface area contributed by atoms with E-state index >= 15 is 0 Å². The lowest BCUT2D eigenvalue weighted by atomic mass is 10.1. The normalized spacial score (nSPS) is 11.9. The fourth-order valence-electron chi connectivity index (χ4n) is 5.45. The molecule has 0 aliphatic rings. The summed E-state index contributed by atoms with van der Waals surface area (Å²) in [6, 6.07) is 16.2. The average Bonchev–Trinajstić information content (AvgIpc) is 3.49. The second-order valence-electron chi connectivity index (χ2n) is 10.3. The van der Waals surface area contributed by atoms with Crippen molar-refractivity contribution in [3.63, 3.8) is 0 Å². The van der Waals surface area contributed by atoms with Gasteiger partial charge in [-0.1, -0.05) is 87.8 Å². The Morgan fingerprint density at radius 1 is 0.550 bits per heavy atom. The Kier molecular flexibility index (Phi) is 10.7. The Hall–Kier alpha value is -4.20. The van der Waals surface area contributed by atoms with Crippen LogP contribution >= 0.6 is 0 Å². The molecule has 0 atom stereocenters. The van der Waals surface area contributed by atoms with Gasteiger partial charge in [0.1, 0.15) is 0 Å². The number of unbranched alkanes of at least 4 members (excludes halogenated alkanes) is 9. The van der Waals surface area contributed by atoms with Crippen molar-refractivity contribution in [2.75, 3.05) is 0 Å². The first-order chi connectivity index (χ1) is 19.5. The molecule has 0 radical (unpaired) electrons. The van der Waals surface area contributed by atoms with Crippen molar-refractivity contribution < 1.29 is 9.85 Å². The number of hydrogen-bond donors (Lipinski definition) is 0. The zero-order valence-electron chi connectivity index (χ0n) is 23.0. The Bertz CT molecular complexity index is 1370. The maximum atomic E-state index is 10.7. The summed E-state index contributed by atoms with van der Waals surface area (Å²) >= 11 is 0. The fourth-order valence-corrected chi connectivity index (χ4v) is 5.45. The van der Waals surface area contributed by atoms with Gasteiger partial charge in [0.05, 0.1) is 9.85 Å². The summed E-state index contributed by atoms with van der Waals surface area (Å²) in [4.78, 5) is 20.6. The van der Waals surface area contributed by atoms with E-state index in [9.17, 15) is 20.2 Å². The van der Waals surface area contributed by atoms with Gasteiger partial charge in [-0.3, -0.25) is 20.2 Å². The summed E-state index contributed by atoms with van der Waals surface area (Å²) in [6.45, 7) is 1.86. The summed E-state index contributed by atoms with van der Waals surface area (Å²) in [5.41, 5.74) is 4.04. The van der Waals surface area contributed by atoms with Crippen LogP contribution in [-0.4, -0.2) is 19.0 Å². The molecule has 0 aliphatic carbocycles. The minimum absolute atomic E-state index is 0.420. The third-order valence-corrected chi connectivity index (χ3v) is 7.44. The molecule has 8 nitrogen and oxygen atoms in total. The number of hydrogen-bond acceptors (Lipinski definition) is 4. The van der Waals surface area contributed by atoms with Gasteiger partial charge in [-0.15, -0.1) is 0 Å². The van der Waals surface area contributed by atoms with Gasteiger partial charge in [-0.05, 0) is 25.0 Å². The SMILES string of the molecule is O=[N+]([O-])/C=C\c1cn(CCCCCCCCCCCCn2cc(/C=C\[N+](=O)[O-])c3ccccc32)c2ccccc12. The molecule has 0 bridgehead atoms. The molecule has 0 saturated heterocycles. The number of aromatic nitrogens is 2. The van der Waals surface area contributed by atoms with Crippen LogP contribution < -0.4 is 0 Å². The average molecular weight is 543 g/mol. The molecule has 2 heterocycles. The standard InChI is InChI=1S/C32H38N4O4/c37-35(38)23-19-27-25-33(31-17-11-9-15-29(27)31)21-13-7-5-3-1-2-4-6-8-14-22-34-26-28(20-24-36(39)40)30-16-10-12-18-32(30)34/h9-12,15-20,23-26H,1-8,13-14,21-22H2/b23-19-,24-20-. The van der Waals surface area contributed by atoms with Crippen LogP contribution in [0.4, 0.5) is 0 Å². The van der Waals surface area contributed by atoms with Crippen LogP contribution in [0.2, 0.25) is 0 Å². The van der Waals surface area contributed by atoms with E-state index in [-0.39, 0.29) is 0 Å². The van der Waals surface area contributed by atoms with Gasteiger partial charge >= 0.3 is 0 Å². The van der Waals surface area contributed by atoms with E-state index < -0.39 is 9.85 Å². The third-order valence-electron chi connectivity index (χ3n) is 7.44. The predicted molar refractivity (Wildman–Crippen MR) is 162 cm³/mol. The van der Waals surface area contributed by atoms with Crippen molar-refractivity contribution in [1.29, 1.82) is 0 Å². The molecule has 0 saturated carbocycles. The molecule has 0 amide bonds. The Morgan fingerprint density at radius 2 is 0.900 bits per heavy atom. The van der Waals surface area contributed by atoms with E-state index in [0.717, 1.165) is 71.3 Å². The molecular formula is C32H38N4O4. The largest absolute Gasteiger partial charge is 0.347 e. The van der Waals surface area contributed by atoms with Crippen molar-refractivity contribution >= 4 is 34.0 Å². The first kappa shape index (κ1) is 28.8. The monoisotopic (exact) mass is 542 g/mol. The van der Waals surface area contributed by atoms with Gasteiger partial charge in [-0.2, -0.15) is 0 Å². The summed E-state index contributed by atoms with van der Waals surface area (Å²) in [6.07, 6.45) is 21.4. The minimum Gasteiger partial charge on any atom is -0.347 e. The smallest absolute Gasteiger partial charge is 0.235 e. The van der Waals surface area contributed by atoms with Crippen LogP contribution in [0.5, 0.6) is 0 Å². The van der Waals surface area contributed by atoms with Crippen LogP contribution in [0.25, 0.3) is 34.0 Å². The van der Waals surface area contributed by atoms with Crippen LogP contribution in [-0.2, 0) is 13.1 Å². The second kappa shape index (κ2) is 14.8. The van der Waals surface area contributed by atoms with Gasteiger partial charge in [-0.25, -0.2) is 0 Å². The van der Waals surface area contributed by atoms with Gasteiger partial charge in [0.2, 0.25) is 12.4 Å². The Labute approximate surface area is 234 Å². The molecule has 0 fully saturated rings. The molecule has 0 aliphatic heterocycles. The number of aryl methyl sites for hydroxylation is 2. The van der Waals surface area contributed by atoms with E-state index in [1.807, 2.05) is 48.8 Å². The van der Waals surface area contributed by atoms with E-state index in [4.69, 9.17) is 0 Å². The maximum Gasteiger partial charge on any atom is 0.235 e. The Balaban J connectivity index is 1.08. The zero-order valence-corrected chi connectivity index (χ0v) is 23.0. The summed E-state index contributed by atoms with van der Waals surface area (Å²) in [7, 11) is 0. The van der Waals surface area contributed by atoms with E-state index in [1.54, 1.807) is 12.2 Å². The number of benzene rings is 2. The van der Waals surface area contributed by atoms with Crippen LogP contribution in [0.15, 0.2) is 73.3 Å². The minimum atomic E-state index is -0.420.